The van der Waals surface area contributed by atoms with E-state index in [2.05, 4.69) is 87.0 Å². The van der Waals surface area contributed by atoms with Crippen LogP contribution in [0.25, 0.3) is 10.9 Å². The number of aliphatic imine (C=N–C) groups is 1. The molecule has 0 saturated carbocycles. The Morgan fingerprint density at radius 3 is 2.65 bits per heavy atom. The molecular formula is C25H32IN5. The Hall–Kier alpha value is -2.19. The summed E-state index contributed by atoms with van der Waals surface area (Å²) in [5.41, 5.74) is 3.65. The average Bonchev–Trinajstić information content (AvgIpc) is 2.79. The predicted octanol–water partition coefficient (Wildman–Crippen LogP) is 4.57. The highest BCUT2D eigenvalue weighted by molar-refractivity contribution is 14.0. The maximum absolute atomic E-state index is 4.45. The van der Waals surface area contributed by atoms with Gasteiger partial charge in [0.05, 0.1) is 5.52 Å². The molecule has 4 rings (SSSR count). The summed E-state index contributed by atoms with van der Waals surface area (Å²) in [6.07, 6.45) is 4.11. The minimum absolute atomic E-state index is 0. The van der Waals surface area contributed by atoms with E-state index >= 15 is 0 Å². The topological polar surface area (TPSA) is 52.6 Å². The molecule has 2 N–H and O–H groups in total. The third-order valence-electron chi connectivity index (χ3n) is 5.99. The van der Waals surface area contributed by atoms with Crippen molar-refractivity contribution in [2.45, 2.75) is 44.9 Å². The number of pyridine rings is 1. The average molecular weight is 529 g/mol. The van der Waals surface area contributed by atoms with Crippen molar-refractivity contribution in [3.8, 4) is 0 Å². The minimum atomic E-state index is 0. The van der Waals surface area contributed by atoms with Crippen LogP contribution in [-0.4, -0.2) is 41.5 Å². The number of nitrogens with one attached hydrogen (secondary N) is 2. The summed E-state index contributed by atoms with van der Waals surface area (Å²) in [6, 6.07) is 22.1. The molecule has 0 spiro atoms. The Labute approximate surface area is 202 Å². The van der Waals surface area contributed by atoms with Crippen molar-refractivity contribution in [3.05, 3.63) is 78.0 Å². The van der Waals surface area contributed by atoms with E-state index < -0.39 is 0 Å². The molecule has 5 nitrogen and oxygen atoms in total. The summed E-state index contributed by atoms with van der Waals surface area (Å²) in [5.74, 6) is 0.865. The van der Waals surface area contributed by atoms with Gasteiger partial charge in [0.15, 0.2) is 5.96 Å². The maximum Gasteiger partial charge on any atom is 0.191 e. The number of halogens is 1. The van der Waals surface area contributed by atoms with Gasteiger partial charge >= 0.3 is 0 Å². The number of fused-ring (bicyclic) bond motifs is 1. The van der Waals surface area contributed by atoms with E-state index in [-0.39, 0.29) is 24.0 Å². The lowest BCUT2D eigenvalue weighted by atomic mass is 9.97. The number of rotatable bonds is 5. The molecule has 6 heteroatoms. The number of nitrogens with zero attached hydrogens (tertiary/aromatic N) is 3. The molecule has 1 aliphatic heterocycles. The normalized spacial score (nSPS) is 19.6. The van der Waals surface area contributed by atoms with Crippen molar-refractivity contribution >= 4 is 40.8 Å². The molecule has 0 bridgehead atoms. The molecule has 0 radical (unpaired) electrons. The number of likely N-dealkylation sites (tertiary alicyclic amines) is 1. The van der Waals surface area contributed by atoms with Crippen LogP contribution in [0.15, 0.2) is 71.9 Å². The van der Waals surface area contributed by atoms with Gasteiger partial charge in [0.1, 0.15) is 0 Å². The van der Waals surface area contributed by atoms with E-state index in [1.807, 2.05) is 19.3 Å². The number of piperidine rings is 1. The molecule has 0 amide bonds. The Bertz CT molecular complexity index is 986. The molecule has 1 fully saturated rings. The fourth-order valence-corrected chi connectivity index (χ4v) is 4.28. The van der Waals surface area contributed by atoms with E-state index in [9.17, 15) is 0 Å². The van der Waals surface area contributed by atoms with Gasteiger partial charge in [-0.2, -0.15) is 0 Å². The smallest absolute Gasteiger partial charge is 0.191 e. The molecule has 2 heterocycles. The molecule has 2 aromatic carbocycles. The Morgan fingerprint density at radius 1 is 1.10 bits per heavy atom. The third-order valence-corrected chi connectivity index (χ3v) is 5.99. The fourth-order valence-electron chi connectivity index (χ4n) is 4.28. The second-order valence-corrected chi connectivity index (χ2v) is 8.08. The molecule has 31 heavy (non-hydrogen) atoms. The molecule has 0 aliphatic carbocycles. The van der Waals surface area contributed by atoms with Gasteiger partial charge in [-0.25, -0.2) is 0 Å². The molecule has 2 atom stereocenters. The zero-order valence-corrected chi connectivity index (χ0v) is 20.6. The Morgan fingerprint density at radius 2 is 1.87 bits per heavy atom. The van der Waals surface area contributed by atoms with E-state index in [1.165, 1.54) is 16.5 Å². The fraction of sp³-hybridized carbons (Fsp3) is 0.360. The summed E-state index contributed by atoms with van der Waals surface area (Å²) in [7, 11) is 1.84. The summed E-state index contributed by atoms with van der Waals surface area (Å²) in [4.78, 5) is 11.5. The Kier molecular flexibility index (Phi) is 8.66. The van der Waals surface area contributed by atoms with Gasteiger partial charge < -0.3 is 10.6 Å². The molecule has 164 valence electrons. The molecule has 3 aromatic rings. The molecule has 1 saturated heterocycles. The van der Waals surface area contributed by atoms with E-state index in [0.29, 0.717) is 12.1 Å². The number of para-hydroxylation sites is 1. The quantitative estimate of drug-likeness (QED) is 0.289. The zero-order chi connectivity index (χ0) is 20.8. The first-order chi connectivity index (χ1) is 14.7. The van der Waals surface area contributed by atoms with Crippen LogP contribution in [0.4, 0.5) is 0 Å². The lowest BCUT2D eigenvalue weighted by Crippen LogP contribution is -2.51. The second kappa shape index (κ2) is 11.4. The van der Waals surface area contributed by atoms with Crippen molar-refractivity contribution in [2.24, 2.45) is 4.99 Å². The van der Waals surface area contributed by atoms with E-state index in [1.54, 1.807) is 0 Å². The second-order valence-electron chi connectivity index (χ2n) is 8.08. The lowest BCUT2D eigenvalue weighted by molar-refractivity contribution is 0.134. The van der Waals surface area contributed by atoms with Crippen LogP contribution in [0, 0.1) is 0 Å². The largest absolute Gasteiger partial charge is 0.354 e. The minimum Gasteiger partial charge on any atom is -0.354 e. The third kappa shape index (κ3) is 6.17. The summed E-state index contributed by atoms with van der Waals surface area (Å²) >= 11 is 0. The maximum atomic E-state index is 4.45. The van der Waals surface area contributed by atoms with Crippen molar-refractivity contribution in [3.63, 3.8) is 0 Å². The lowest BCUT2D eigenvalue weighted by Gasteiger charge is -2.38. The Balaban J connectivity index is 0.00000272. The highest BCUT2D eigenvalue weighted by atomic mass is 127. The predicted molar refractivity (Wildman–Crippen MR) is 140 cm³/mol. The van der Waals surface area contributed by atoms with Gasteiger partial charge in [0.25, 0.3) is 0 Å². The SMILES string of the molecule is CN=C(NCc1ccnc2ccccc12)NC1CCN(Cc2ccccc2)C(C)C1.I. The van der Waals surface area contributed by atoms with Gasteiger partial charge in [-0.1, -0.05) is 48.5 Å². The highest BCUT2D eigenvalue weighted by Crippen LogP contribution is 2.20. The van der Waals surface area contributed by atoms with Crippen molar-refractivity contribution in [1.82, 2.24) is 20.5 Å². The first-order valence-electron chi connectivity index (χ1n) is 10.8. The summed E-state index contributed by atoms with van der Waals surface area (Å²) < 4.78 is 0. The summed E-state index contributed by atoms with van der Waals surface area (Å²) in [6.45, 7) is 5.18. The van der Waals surface area contributed by atoms with Crippen molar-refractivity contribution in [1.29, 1.82) is 0 Å². The van der Waals surface area contributed by atoms with Crippen LogP contribution in [0.5, 0.6) is 0 Å². The van der Waals surface area contributed by atoms with Crippen LogP contribution in [0.2, 0.25) is 0 Å². The monoisotopic (exact) mass is 529 g/mol. The van der Waals surface area contributed by atoms with Crippen LogP contribution < -0.4 is 10.6 Å². The van der Waals surface area contributed by atoms with Gasteiger partial charge in [-0.3, -0.25) is 14.9 Å². The zero-order valence-electron chi connectivity index (χ0n) is 18.3. The van der Waals surface area contributed by atoms with Gasteiger partial charge in [0, 0.05) is 50.3 Å². The van der Waals surface area contributed by atoms with Crippen LogP contribution in [-0.2, 0) is 13.1 Å². The van der Waals surface area contributed by atoms with Gasteiger partial charge in [-0.15, -0.1) is 24.0 Å². The molecule has 1 aliphatic rings. The standard InChI is InChI=1S/C25H31N5.HI/c1-19-16-22(13-15-30(19)18-20-8-4-3-5-9-20)29-25(26-2)28-17-21-12-14-27-24-11-7-6-10-23(21)24;/h3-12,14,19,22H,13,15-18H2,1-2H3,(H2,26,28,29);1H. The first kappa shape index (κ1) is 23.5. The van der Waals surface area contributed by atoms with Crippen molar-refractivity contribution < 1.29 is 0 Å². The first-order valence-corrected chi connectivity index (χ1v) is 10.8. The van der Waals surface area contributed by atoms with E-state index in [0.717, 1.165) is 44.0 Å². The van der Waals surface area contributed by atoms with Crippen LogP contribution in [0.1, 0.15) is 30.9 Å². The van der Waals surface area contributed by atoms with Crippen LogP contribution >= 0.6 is 24.0 Å². The molecule has 2 unspecified atom stereocenters. The number of hydrogen-bond acceptors (Lipinski definition) is 3. The molecular weight excluding hydrogens is 497 g/mol. The number of guanidine groups is 1. The van der Waals surface area contributed by atoms with E-state index in [4.69, 9.17) is 0 Å². The highest BCUT2D eigenvalue weighted by Gasteiger charge is 2.25. The van der Waals surface area contributed by atoms with Gasteiger partial charge in [-0.05, 0) is 43.0 Å². The molecule has 1 aromatic heterocycles. The van der Waals surface area contributed by atoms with Gasteiger partial charge in [0.2, 0.25) is 0 Å². The van der Waals surface area contributed by atoms with Crippen LogP contribution in [0.3, 0.4) is 0 Å². The summed E-state index contributed by atoms with van der Waals surface area (Å²) in [5, 5.41) is 8.31. The number of aromatic nitrogens is 1. The van der Waals surface area contributed by atoms with Crippen molar-refractivity contribution in [2.75, 3.05) is 13.6 Å². The number of hydrogen-bond donors (Lipinski definition) is 2. The number of benzene rings is 2.